The van der Waals surface area contributed by atoms with Crippen molar-refractivity contribution in [2.75, 3.05) is 5.32 Å². The van der Waals surface area contributed by atoms with Gasteiger partial charge >= 0.3 is 0 Å². The number of carbonyl (C=O) groups is 1. The number of aromatic nitrogens is 1. The van der Waals surface area contributed by atoms with Gasteiger partial charge in [0.1, 0.15) is 0 Å². The molecule has 1 aliphatic heterocycles. The zero-order valence-corrected chi connectivity index (χ0v) is 13.4. The lowest BCUT2D eigenvalue weighted by Crippen LogP contribution is -2.18. The molecule has 0 saturated carbocycles. The molecule has 0 bridgehead atoms. The molecule has 3 aromatic rings. The quantitative estimate of drug-likeness (QED) is 0.702. The van der Waals surface area contributed by atoms with Crippen LogP contribution in [0.5, 0.6) is 0 Å². The number of para-hydroxylation sites is 1. The van der Waals surface area contributed by atoms with Gasteiger partial charge in [-0.1, -0.05) is 35.9 Å². The van der Waals surface area contributed by atoms with Crippen molar-refractivity contribution in [2.45, 2.75) is 19.8 Å². The third-order valence-electron chi connectivity index (χ3n) is 4.35. The molecule has 3 nitrogen and oxygen atoms in total. The van der Waals surface area contributed by atoms with E-state index in [9.17, 15) is 4.79 Å². The number of halogens is 1. The fraction of sp³-hybridized carbons (Fsp3) is 0.158. The van der Waals surface area contributed by atoms with E-state index in [-0.39, 0.29) is 5.91 Å². The summed E-state index contributed by atoms with van der Waals surface area (Å²) in [6, 6.07) is 14.0. The molecule has 2 aromatic carbocycles. The second-order valence-corrected chi connectivity index (χ2v) is 6.21. The number of aryl methyl sites for hydroxylation is 2. The third-order valence-corrected chi connectivity index (χ3v) is 4.81. The van der Waals surface area contributed by atoms with Crippen LogP contribution in [0.4, 0.5) is 5.69 Å². The summed E-state index contributed by atoms with van der Waals surface area (Å²) < 4.78 is 0. The number of nitrogens with one attached hydrogen (secondary N) is 1. The van der Waals surface area contributed by atoms with Gasteiger partial charge in [-0.3, -0.25) is 4.79 Å². The molecule has 1 aromatic heterocycles. The van der Waals surface area contributed by atoms with Gasteiger partial charge in [0.05, 0.1) is 16.2 Å². The number of fused-ring (bicyclic) bond motifs is 2. The highest BCUT2D eigenvalue weighted by Crippen LogP contribution is 2.35. The monoisotopic (exact) mass is 322 g/mol. The van der Waals surface area contributed by atoms with Crippen molar-refractivity contribution in [3.63, 3.8) is 0 Å². The van der Waals surface area contributed by atoms with Crippen LogP contribution >= 0.6 is 11.6 Å². The lowest BCUT2D eigenvalue weighted by atomic mass is 9.98. The van der Waals surface area contributed by atoms with Crippen LogP contribution in [0.2, 0.25) is 5.02 Å². The van der Waals surface area contributed by atoms with Gasteiger partial charge in [0.15, 0.2) is 0 Å². The van der Waals surface area contributed by atoms with Gasteiger partial charge in [0.2, 0.25) is 5.91 Å². The molecular weight excluding hydrogens is 308 g/mol. The molecule has 0 aliphatic carbocycles. The standard InChI is InChI=1S/C19H15ClN2O/c1-11-14-4-2-3-5-16(14)22-19(18(11)20)13-6-8-15-12(10-13)7-9-17(23)21-15/h2-6,8,10H,7,9H2,1H3,(H,21,23). The van der Waals surface area contributed by atoms with Crippen molar-refractivity contribution >= 4 is 34.1 Å². The maximum atomic E-state index is 11.5. The van der Waals surface area contributed by atoms with E-state index >= 15 is 0 Å². The number of pyridine rings is 1. The summed E-state index contributed by atoms with van der Waals surface area (Å²) in [5, 5.41) is 4.66. The fourth-order valence-corrected chi connectivity index (χ4v) is 3.33. The maximum absolute atomic E-state index is 11.5. The van der Waals surface area contributed by atoms with E-state index in [0.29, 0.717) is 11.4 Å². The Hall–Kier alpha value is -2.39. The van der Waals surface area contributed by atoms with Crippen molar-refractivity contribution in [1.82, 2.24) is 4.98 Å². The smallest absolute Gasteiger partial charge is 0.224 e. The van der Waals surface area contributed by atoms with Crippen LogP contribution in [0.15, 0.2) is 42.5 Å². The molecule has 0 unspecified atom stereocenters. The van der Waals surface area contributed by atoms with E-state index in [4.69, 9.17) is 16.6 Å². The van der Waals surface area contributed by atoms with Crippen molar-refractivity contribution in [2.24, 2.45) is 0 Å². The predicted octanol–water partition coefficient (Wildman–Crippen LogP) is 4.75. The third kappa shape index (κ3) is 2.37. The van der Waals surface area contributed by atoms with Gasteiger partial charge < -0.3 is 5.32 Å². The van der Waals surface area contributed by atoms with Gasteiger partial charge in [0.25, 0.3) is 0 Å². The Labute approximate surface area is 139 Å². The van der Waals surface area contributed by atoms with Crippen molar-refractivity contribution in [3.05, 3.63) is 58.6 Å². The first-order valence-corrected chi connectivity index (χ1v) is 7.99. The molecule has 1 aliphatic rings. The molecule has 0 spiro atoms. The zero-order valence-electron chi connectivity index (χ0n) is 12.7. The number of anilines is 1. The van der Waals surface area contributed by atoms with Crippen molar-refractivity contribution in [1.29, 1.82) is 0 Å². The van der Waals surface area contributed by atoms with E-state index in [0.717, 1.165) is 45.4 Å². The summed E-state index contributed by atoms with van der Waals surface area (Å²) in [5.74, 6) is 0.0722. The molecule has 23 heavy (non-hydrogen) atoms. The Morgan fingerprint density at radius 2 is 1.96 bits per heavy atom. The molecule has 0 fully saturated rings. The molecule has 1 amide bonds. The minimum Gasteiger partial charge on any atom is -0.326 e. The molecule has 4 heteroatoms. The van der Waals surface area contributed by atoms with E-state index in [2.05, 4.69) is 11.4 Å². The molecule has 0 atom stereocenters. The van der Waals surface area contributed by atoms with Crippen molar-refractivity contribution < 1.29 is 4.79 Å². The van der Waals surface area contributed by atoms with Gasteiger partial charge in [-0.05, 0) is 42.7 Å². The number of nitrogens with zero attached hydrogens (tertiary/aromatic N) is 1. The van der Waals surface area contributed by atoms with Crippen LogP contribution in [-0.2, 0) is 11.2 Å². The molecule has 2 heterocycles. The fourth-order valence-electron chi connectivity index (χ4n) is 3.08. The van der Waals surface area contributed by atoms with E-state index in [1.807, 2.05) is 43.3 Å². The molecule has 1 N–H and O–H groups in total. The largest absolute Gasteiger partial charge is 0.326 e. The molecule has 114 valence electrons. The summed E-state index contributed by atoms with van der Waals surface area (Å²) in [6.45, 7) is 2.02. The topological polar surface area (TPSA) is 42.0 Å². The van der Waals surface area contributed by atoms with E-state index in [1.54, 1.807) is 0 Å². The lowest BCUT2D eigenvalue weighted by molar-refractivity contribution is -0.116. The Balaban J connectivity index is 1.89. The van der Waals surface area contributed by atoms with Crippen LogP contribution in [0.3, 0.4) is 0 Å². The van der Waals surface area contributed by atoms with Crippen LogP contribution in [-0.4, -0.2) is 10.9 Å². The zero-order chi connectivity index (χ0) is 16.0. The summed E-state index contributed by atoms with van der Waals surface area (Å²) >= 11 is 6.58. The van der Waals surface area contributed by atoms with Gasteiger partial charge in [-0.15, -0.1) is 0 Å². The SMILES string of the molecule is Cc1c(Cl)c(-c2ccc3c(c2)CCC(=O)N3)nc2ccccc12. The maximum Gasteiger partial charge on any atom is 0.224 e. The normalized spacial score (nSPS) is 13.7. The Kier molecular flexibility index (Phi) is 3.31. The summed E-state index contributed by atoms with van der Waals surface area (Å²) in [6.07, 6.45) is 1.27. The van der Waals surface area contributed by atoms with Crippen molar-refractivity contribution in [3.8, 4) is 11.3 Å². The Morgan fingerprint density at radius 1 is 1.13 bits per heavy atom. The highest BCUT2D eigenvalue weighted by atomic mass is 35.5. The number of hydrogen-bond acceptors (Lipinski definition) is 2. The molecule has 0 saturated heterocycles. The summed E-state index contributed by atoms with van der Waals surface area (Å²) in [7, 11) is 0. The number of benzene rings is 2. The first-order chi connectivity index (χ1) is 11.1. The van der Waals surface area contributed by atoms with Gasteiger partial charge in [-0.25, -0.2) is 4.98 Å². The van der Waals surface area contributed by atoms with Crippen LogP contribution in [0.25, 0.3) is 22.2 Å². The highest BCUT2D eigenvalue weighted by molar-refractivity contribution is 6.34. The Morgan fingerprint density at radius 3 is 2.83 bits per heavy atom. The number of hydrogen-bond donors (Lipinski definition) is 1. The molecule has 0 radical (unpaired) electrons. The van der Waals surface area contributed by atoms with E-state index < -0.39 is 0 Å². The summed E-state index contributed by atoms with van der Waals surface area (Å²) in [4.78, 5) is 16.2. The lowest BCUT2D eigenvalue weighted by Gasteiger charge is -2.18. The molecular formula is C19H15ClN2O. The average Bonchev–Trinajstić information content (AvgIpc) is 2.58. The van der Waals surface area contributed by atoms with Crippen LogP contribution in [0, 0.1) is 6.92 Å². The summed E-state index contributed by atoms with van der Waals surface area (Å²) in [5.41, 5.74) is 5.78. The first kappa shape index (κ1) is 14.2. The van der Waals surface area contributed by atoms with Gasteiger partial charge in [-0.2, -0.15) is 0 Å². The second kappa shape index (κ2) is 5.36. The van der Waals surface area contributed by atoms with Gasteiger partial charge in [0, 0.05) is 23.1 Å². The number of carbonyl (C=O) groups excluding carboxylic acids is 1. The average molecular weight is 323 g/mol. The molecule has 4 rings (SSSR count). The predicted molar refractivity (Wildman–Crippen MR) is 93.9 cm³/mol. The first-order valence-electron chi connectivity index (χ1n) is 7.61. The van der Waals surface area contributed by atoms with Crippen LogP contribution < -0.4 is 5.32 Å². The number of rotatable bonds is 1. The minimum atomic E-state index is 0.0722. The minimum absolute atomic E-state index is 0.0722. The highest BCUT2D eigenvalue weighted by Gasteiger charge is 2.17. The van der Waals surface area contributed by atoms with Crippen LogP contribution in [0.1, 0.15) is 17.5 Å². The number of amides is 1. The second-order valence-electron chi connectivity index (χ2n) is 5.84. The Bertz CT molecular complexity index is 949. The van der Waals surface area contributed by atoms with E-state index in [1.165, 1.54) is 0 Å².